The minimum absolute atomic E-state index is 0.00861. The van der Waals surface area contributed by atoms with E-state index in [1.807, 2.05) is 0 Å². The van der Waals surface area contributed by atoms with Gasteiger partial charge in [-0.2, -0.15) is 13.2 Å². The number of furan rings is 1. The number of nitrogens with one attached hydrogen (secondary N) is 1. The number of hydrogen-bond donors (Lipinski definition) is 2. The van der Waals surface area contributed by atoms with Gasteiger partial charge in [0.25, 0.3) is 0 Å². The van der Waals surface area contributed by atoms with E-state index in [2.05, 4.69) is 0 Å². The second kappa shape index (κ2) is 4.87. The smallest absolute Gasteiger partial charge is 0.471 e. The fraction of sp³-hybridized carbons (Fsp3) is 0.167. The number of hydrogen-bond acceptors (Lipinski definition) is 3. The number of rotatable bonds is 3. The van der Waals surface area contributed by atoms with Crippen LogP contribution in [0.5, 0.6) is 0 Å². The van der Waals surface area contributed by atoms with Gasteiger partial charge in [-0.1, -0.05) is 18.2 Å². The number of carbonyl (C=O) groups excluding carboxylic acids is 1. The Morgan fingerprint density at radius 2 is 1.90 bits per heavy atom. The van der Waals surface area contributed by atoms with Crippen LogP contribution in [0.15, 0.2) is 28.7 Å². The third kappa shape index (κ3) is 2.58. The Bertz CT molecular complexity index is 675. The molecule has 0 unspecified atom stereocenters. The van der Waals surface area contributed by atoms with Gasteiger partial charge in [-0.05, 0) is 6.07 Å². The average molecular weight is 287 g/mol. The fourth-order valence-electron chi connectivity index (χ4n) is 1.72. The van der Waals surface area contributed by atoms with E-state index in [-0.39, 0.29) is 11.1 Å². The molecule has 1 aromatic heterocycles. The van der Waals surface area contributed by atoms with E-state index < -0.39 is 30.4 Å². The van der Waals surface area contributed by atoms with Gasteiger partial charge in [0.2, 0.25) is 5.76 Å². The minimum Gasteiger partial charge on any atom is -0.475 e. The number of fused-ring (bicyclic) bond motifs is 1. The van der Waals surface area contributed by atoms with E-state index in [1.54, 1.807) is 17.4 Å². The highest BCUT2D eigenvalue weighted by molar-refractivity contribution is 5.95. The molecule has 0 aliphatic heterocycles. The highest BCUT2D eigenvalue weighted by Gasteiger charge is 2.38. The highest BCUT2D eigenvalue weighted by atomic mass is 19.4. The van der Waals surface area contributed by atoms with Gasteiger partial charge in [0, 0.05) is 17.5 Å². The number of benzene rings is 1. The number of amides is 1. The van der Waals surface area contributed by atoms with Gasteiger partial charge in [0.1, 0.15) is 5.58 Å². The van der Waals surface area contributed by atoms with Gasteiger partial charge in [0.05, 0.1) is 0 Å². The van der Waals surface area contributed by atoms with Gasteiger partial charge in [0.15, 0.2) is 0 Å². The number of para-hydroxylation sites is 1. The second-order valence-electron chi connectivity index (χ2n) is 3.89. The molecule has 2 rings (SSSR count). The molecule has 2 N–H and O–H groups in total. The maximum Gasteiger partial charge on any atom is 0.471 e. The number of carbonyl (C=O) groups is 2. The van der Waals surface area contributed by atoms with Gasteiger partial charge >= 0.3 is 18.1 Å². The lowest BCUT2D eigenvalue weighted by atomic mass is 10.1. The van der Waals surface area contributed by atoms with Crippen molar-refractivity contribution in [2.75, 3.05) is 0 Å². The summed E-state index contributed by atoms with van der Waals surface area (Å²) in [5.41, 5.74) is 0.215. The lowest BCUT2D eigenvalue weighted by molar-refractivity contribution is -0.173. The Labute approximate surface area is 110 Å². The topological polar surface area (TPSA) is 79.5 Å². The molecule has 2 aromatic rings. The molecular formula is C12H8F3NO4. The van der Waals surface area contributed by atoms with Crippen molar-refractivity contribution in [1.29, 1.82) is 0 Å². The van der Waals surface area contributed by atoms with Crippen molar-refractivity contribution in [1.82, 2.24) is 5.32 Å². The van der Waals surface area contributed by atoms with Crippen LogP contribution >= 0.6 is 0 Å². The first-order chi connectivity index (χ1) is 9.30. The quantitative estimate of drug-likeness (QED) is 0.907. The van der Waals surface area contributed by atoms with Crippen LogP contribution in [-0.2, 0) is 11.3 Å². The van der Waals surface area contributed by atoms with E-state index in [1.165, 1.54) is 12.1 Å². The molecule has 5 nitrogen and oxygen atoms in total. The maximum atomic E-state index is 12.1. The average Bonchev–Trinajstić information content (AvgIpc) is 2.73. The van der Waals surface area contributed by atoms with Crippen LogP contribution in [0, 0.1) is 0 Å². The van der Waals surface area contributed by atoms with Crippen molar-refractivity contribution in [3.8, 4) is 0 Å². The van der Waals surface area contributed by atoms with Gasteiger partial charge in [-0.15, -0.1) is 0 Å². The van der Waals surface area contributed by atoms with Crippen molar-refractivity contribution in [3.63, 3.8) is 0 Å². The molecule has 106 valence electrons. The summed E-state index contributed by atoms with van der Waals surface area (Å²) >= 11 is 0. The van der Waals surface area contributed by atoms with Gasteiger partial charge in [-0.3, -0.25) is 4.79 Å². The summed E-state index contributed by atoms with van der Waals surface area (Å²) in [7, 11) is 0. The van der Waals surface area contributed by atoms with Crippen molar-refractivity contribution >= 4 is 22.8 Å². The molecule has 0 saturated heterocycles. The number of alkyl halides is 3. The molecule has 0 radical (unpaired) electrons. The largest absolute Gasteiger partial charge is 0.475 e. The molecule has 0 bridgehead atoms. The minimum atomic E-state index is -5.02. The van der Waals surface area contributed by atoms with Gasteiger partial charge < -0.3 is 14.8 Å². The van der Waals surface area contributed by atoms with Crippen LogP contribution in [-0.4, -0.2) is 23.2 Å². The summed E-state index contributed by atoms with van der Waals surface area (Å²) in [6.07, 6.45) is -5.02. The monoisotopic (exact) mass is 287 g/mol. The van der Waals surface area contributed by atoms with Crippen molar-refractivity contribution in [2.45, 2.75) is 12.7 Å². The standard InChI is InChI=1S/C12H8F3NO4/c13-12(14,15)11(19)16-5-7-6-3-1-2-4-8(6)20-9(7)10(17)18/h1-4H,5H2,(H,16,19)(H,17,18). The molecule has 0 spiro atoms. The molecule has 0 saturated carbocycles. The highest BCUT2D eigenvalue weighted by Crippen LogP contribution is 2.26. The summed E-state index contributed by atoms with van der Waals surface area (Å²) in [5.74, 6) is -4.05. The maximum absolute atomic E-state index is 12.1. The molecule has 1 amide bonds. The van der Waals surface area contributed by atoms with Crippen LogP contribution in [0.25, 0.3) is 11.0 Å². The normalized spacial score (nSPS) is 11.6. The molecule has 0 aliphatic rings. The Morgan fingerprint density at radius 3 is 2.50 bits per heavy atom. The Kier molecular flexibility index (Phi) is 3.39. The lowest BCUT2D eigenvalue weighted by Crippen LogP contribution is -2.36. The molecular weight excluding hydrogens is 279 g/mol. The van der Waals surface area contributed by atoms with Crippen molar-refractivity contribution < 1.29 is 32.3 Å². The number of carboxylic acids is 1. The SMILES string of the molecule is O=C(O)c1oc2ccccc2c1CNC(=O)C(F)(F)F. The summed E-state index contributed by atoms with van der Waals surface area (Å²) in [6.45, 7) is -0.586. The molecule has 0 atom stereocenters. The molecule has 0 fully saturated rings. The third-order valence-corrected chi connectivity index (χ3v) is 2.58. The summed E-state index contributed by atoms with van der Waals surface area (Å²) in [5, 5.41) is 10.9. The molecule has 20 heavy (non-hydrogen) atoms. The molecule has 8 heteroatoms. The first-order valence-corrected chi connectivity index (χ1v) is 5.39. The number of aromatic carboxylic acids is 1. The predicted molar refractivity (Wildman–Crippen MR) is 61.1 cm³/mol. The van der Waals surface area contributed by atoms with Crippen LogP contribution in [0.2, 0.25) is 0 Å². The summed E-state index contributed by atoms with van der Waals surface area (Å²) in [6, 6.07) is 6.16. The zero-order valence-corrected chi connectivity index (χ0v) is 9.82. The number of carboxylic acid groups (broad SMARTS) is 1. The first-order valence-electron chi connectivity index (χ1n) is 5.39. The molecule has 1 aromatic carbocycles. The zero-order chi connectivity index (χ0) is 14.9. The zero-order valence-electron chi connectivity index (χ0n) is 9.82. The predicted octanol–water partition coefficient (Wildman–Crippen LogP) is 2.31. The van der Waals surface area contributed by atoms with E-state index in [0.717, 1.165) is 0 Å². The van der Waals surface area contributed by atoms with Crippen LogP contribution < -0.4 is 5.32 Å². The van der Waals surface area contributed by atoms with E-state index >= 15 is 0 Å². The summed E-state index contributed by atoms with van der Waals surface area (Å²) < 4.78 is 41.3. The van der Waals surface area contributed by atoms with E-state index in [9.17, 15) is 22.8 Å². The van der Waals surface area contributed by atoms with Crippen LogP contribution in [0.3, 0.4) is 0 Å². The van der Waals surface area contributed by atoms with Crippen LogP contribution in [0.4, 0.5) is 13.2 Å². The molecule has 0 aliphatic carbocycles. The fourth-order valence-corrected chi connectivity index (χ4v) is 1.72. The lowest BCUT2D eigenvalue weighted by Gasteiger charge is -2.07. The molecule has 1 heterocycles. The van der Waals surface area contributed by atoms with E-state index in [4.69, 9.17) is 9.52 Å². The Balaban J connectivity index is 2.35. The van der Waals surface area contributed by atoms with Crippen molar-refractivity contribution in [3.05, 3.63) is 35.6 Å². The first kappa shape index (κ1) is 13.9. The Morgan fingerprint density at radius 1 is 1.25 bits per heavy atom. The van der Waals surface area contributed by atoms with Crippen LogP contribution in [0.1, 0.15) is 16.1 Å². The second-order valence-corrected chi connectivity index (χ2v) is 3.89. The van der Waals surface area contributed by atoms with Crippen molar-refractivity contribution in [2.24, 2.45) is 0 Å². The van der Waals surface area contributed by atoms with E-state index in [0.29, 0.717) is 5.39 Å². The third-order valence-electron chi connectivity index (χ3n) is 2.58. The summed E-state index contributed by atoms with van der Waals surface area (Å²) in [4.78, 5) is 21.8. The van der Waals surface area contributed by atoms with Gasteiger partial charge in [-0.25, -0.2) is 4.79 Å². The number of halogens is 3. The Hall–Kier alpha value is -2.51.